The molecule has 0 spiro atoms. The Labute approximate surface area is 69.0 Å². The minimum atomic E-state index is -0.633. The highest BCUT2D eigenvalue weighted by Gasteiger charge is 1.99. The van der Waals surface area contributed by atoms with Crippen molar-refractivity contribution in [3.63, 3.8) is 0 Å². The Balaban J connectivity index is 2.33. The van der Waals surface area contributed by atoms with Crippen molar-refractivity contribution in [2.75, 3.05) is 5.88 Å². The molecule has 0 aromatic carbocycles. The molecule has 1 rings (SSSR count). The van der Waals surface area contributed by atoms with Crippen LogP contribution in [0.1, 0.15) is 18.6 Å². The first-order valence-electron chi connectivity index (χ1n) is 3.46. The Kier molecular flexibility index (Phi) is 3.23. The Morgan fingerprint density at radius 2 is 2.27 bits per heavy atom. The fourth-order valence-electron chi connectivity index (χ4n) is 0.773. The predicted octanol–water partition coefficient (Wildman–Crippen LogP) is 1.79. The zero-order valence-corrected chi connectivity index (χ0v) is 6.76. The number of hydrogen-bond acceptors (Lipinski definition) is 3. The van der Waals surface area contributed by atoms with Crippen LogP contribution in [0.4, 0.5) is 0 Å². The van der Waals surface area contributed by atoms with Crippen molar-refractivity contribution in [2.45, 2.75) is 19.3 Å². The minimum absolute atomic E-state index is 0.597. The van der Waals surface area contributed by atoms with E-state index in [1.165, 1.54) is 6.26 Å². The van der Waals surface area contributed by atoms with Crippen LogP contribution in [0.2, 0.25) is 0 Å². The third kappa shape index (κ3) is 2.80. The van der Waals surface area contributed by atoms with Crippen LogP contribution >= 0.6 is 11.6 Å². The van der Waals surface area contributed by atoms with Gasteiger partial charge < -0.3 is 8.83 Å². The molecule has 0 fully saturated rings. The number of alkyl halides is 1. The fraction of sp³-hybridized carbons (Fsp3) is 0.571. The molecule has 0 saturated carbocycles. The standard InChI is InChI=1S/C7H9ClO3/c8-4-2-1-3-6-5-10-7(9)11-6/h5H,1-4H2. The smallest absolute Gasteiger partial charge is 0.399 e. The van der Waals surface area contributed by atoms with Gasteiger partial charge in [0, 0.05) is 12.3 Å². The number of halogens is 1. The summed E-state index contributed by atoms with van der Waals surface area (Å²) in [4.78, 5) is 10.4. The second-order valence-corrected chi connectivity index (χ2v) is 2.58. The predicted molar refractivity (Wildman–Crippen MR) is 40.9 cm³/mol. The van der Waals surface area contributed by atoms with Gasteiger partial charge >= 0.3 is 5.82 Å². The van der Waals surface area contributed by atoms with Crippen LogP contribution in [0.15, 0.2) is 19.9 Å². The SMILES string of the molecule is O=c1occ(CCCCCl)o1. The molecule has 0 radical (unpaired) electrons. The molecule has 0 aliphatic rings. The molecule has 0 atom stereocenters. The molecule has 0 amide bonds. The van der Waals surface area contributed by atoms with Crippen molar-refractivity contribution >= 4 is 11.6 Å². The molecular formula is C7H9ClO3. The lowest BCUT2D eigenvalue weighted by molar-refractivity contribution is 0.372. The van der Waals surface area contributed by atoms with Gasteiger partial charge in [0.2, 0.25) is 0 Å². The van der Waals surface area contributed by atoms with Crippen LogP contribution in [0.3, 0.4) is 0 Å². The molecule has 0 aliphatic carbocycles. The topological polar surface area (TPSA) is 43.4 Å². The van der Waals surface area contributed by atoms with Crippen molar-refractivity contribution in [1.29, 1.82) is 0 Å². The zero-order chi connectivity index (χ0) is 8.10. The summed E-state index contributed by atoms with van der Waals surface area (Å²) in [5, 5.41) is 0. The van der Waals surface area contributed by atoms with Gasteiger partial charge in [-0.2, -0.15) is 0 Å². The van der Waals surface area contributed by atoms with Crippen molar-refractivity contribution in [3.8, 4) is 0 Å². The molecule has 4 heteroatoms. The maximum absolute atomic E-state index is 10.4. The zero-order valence-electron chi connectivity index (χ0n) is 6.01. The molecule has 1 aromatic rings. The van der Waals surface area contributed by atoms with E-state index in [9.17, 15) is 4.79 Å². The average molecular weight is 177 g/mol. The van der Waals surface area contributed by atoms with Crippen molar-refractivity contribution in [1.82, 2.24) is 0 Å². The van der Waals surface area contributed by atoms with E-state index >= 15 is 0 Å². The summed E-state index contributed by atoms with van der Waals surface area (Å²) in [7, 11) is 0. The van der Waals surface area contributed by atoms with Crippen LogP contribution in [0.25, 0.3) is 0 Å². The van der Waals surface area contributed by atoms with Gasteiger partial charge in [-0.25, -0.2) is 4.79 Å². The van der Waals surface area contributed by atoms with Crippen molar-refractivity contribution in [3.05, 3.63) is 22.6 Å². The van der Waals surface area contributed by atoms with E-state index in [1.54, 1.807) is 0 Å². The van der Waals surface area contributed by atoms with Crippen LogP contribution in [0.5, 0.6) is 0 Å². The molecule has 0 saturated heterocycles. The van der Waals surface area contributed by atoms with Gasteiger partial charge in [-0.1, -0.05) is 0 Å². The van der Waals surface area contributed by atoms with E-state index in [0.29, 0.717) is 11.6 Å². The molecule has 1 heterocycles. The third-order valence-electron chi connectivity index (χ3n) is 1.31. The van der Waals surface area contributed by atoms with Crippen molar-refractivity contribution < 1.29 is 8.83 Å². The van der Waals surface area contributed by atoms with E-state index in [0.717, 1.165) is 19.3 Å². The molecule has 3 nitrogen and oxygen atoms in total. The lowest BCUT2D eigenvalue weighted by atomic mass is 10.2. The molecule has 0 aliphatic heterocycles. The van der Waals surface area contributed by atoms with E-state index in [-0.39, 0.29) is 0 Å². The van der Waals surface area contributed by atoms with Gasteiger partial charge in [0.05, 0.1) is 0 Å². The minimum Gasteiger partial charge on any atom is -0.399 e. The highest BCUT2D eigenvalue weighted by Crippen LogP contribution is 2.02. The summed E-state index contributed by atoms with van der Waals surface area (Å²) in [6.07, 6.45) is 3.91. The number of aryl methyl sites for hydroxylation is 1. The molecule has 11 heavy (non-hydrogen) atoms. The monoisotopic (exact) mass is 176 g/mol. The highest BCUT2D eigenvalue weighted by atomic mass is 35.5. The summed E-state index contributed by atoms with van der Waals surface area (Å²) in [5.74, 6) is 0.605. The van der Waals surface area contributed by atoms with Gasteiger partial charge in [0.25, 0.3) is 0 Å². The number of hydrogen-bond donors (Lipinski definition) is 0. The first-order valence-corrected chi connectivity index (χ1v) is 4.00. The molecule has 0 bridgehead atoms. The van der Waals surface area contributed by atoms with E-state index < -0.39 is 5.82 Å². The van der Waals surface area contributed by atoms with E-state index in [2.05, 4.69) is 8.83 Å². The Hall–Kier alpha value is -0.700. The summed E-state index contributed by atoms with van der Waals surface area (Å²) < 4.78 is 9.10. The molecule has 0 N–H and O–H groups in total. The first-order chi connectivity index (χ1) is 5.33. The van der Waals surface area contributed by atoms with Crippen LogP contribution in [-0.2, 0) is 6.42 Å². The Bertz CT molecular complexity index is 250. The average Bonchev–Trinajstić information content (AvgIpc) is 2.37. The van der Waals surface area contributed by atoms with E-state index in [1.807, 2.05) is 0 Å². The van der Waals surface area contributed by atoms with Crippen molar-refractivity contribution in [2.24, 2.45) is 0 Å². The second kappa shape index (κ2) is 4.23. The number of rotatable bonds is 4. The summed E-state index contributed by atoms with van der Waals surface area (Å²) in [6.45, 7) is 0. The van der Waals surface area contributed by atoms with Crippen LogP contribution in [-0.4, -0.2) is 5.88 Å². The van der Waals surface area contributed by atoms with E-state index in [4.69, 9.17) is 11.6 Å². The summed E-state index contributed by atoms with van der Waals surface area (Å²) in [5.41, 5.74) is 0. The second-order valence-electron chi connectivity index (χ2n) is 2.20. The molecule has 1 aromatic heterocycles. The lowest BCUT2D eigenvalue weighted by Crippen LogP contribution is -1.88. The quantitative estimate of drug-likeness (QED) is 0.519. The maximum Gasteiger partial charge on any atom is 0.518 e. The van der Waals surface area contributed by atoms with Gasteiger partial charge in [0.1, 0.15) is 12.0 Å². The normalized spacial score (nSPS) is 10.3. The highest BCUT2D eigenvalue weighted by molar-refractivity contribution is 6.17. The summed E-state index contributed by atoms with van der Waals surface area (Å²) >= 11 is 5.46. The van der Waals surface area contributed by atoms with Gasteiger partial charge in [-0.15, -0.1) is 11.6 Å². The fourth-order valence-corrected chi connectivity index (χ4v) is 0.962. The van der Waals surface area contributed by atoms with Crippen LogP contribution < -0.4 is 5.82 Å². The van der Waals surface area contributed by atoms with Gasteiger partial charge in [0.15, 0.2) is 0 Å². The van der Waals surface area contributed by atoms with Crippen LogP contribution in [0, 0.1) is 0 Å². The summed E-state index contributed by atoms with van der Waals surface area (Å²) in [6, 6.07) is 0. The maximum atomic E-state index is 10.4. The van der Waals surface area contributed by atoms with Gasteiger partial charge in [-0.3, -0.25) is 0 Å². The molecular weight excluding hydrogens is 168 g/mol. The Morgan fingerprint density at radius 1 is 1.45 bits per heavy atom. The molecule has 62 valence electrons. The first kappa shape index (κ1) is 8.40. The number of unbranched alkanes of at least 4 members (excludes halogenated alkanes) is 1. The van der Waals surface area contributed by atoms with Gasteiger partial charge in [-0.05, 0) is 12.8 Å². The Morgan fingerprint density at radius 3 is 2.82 bits per heavy atom. The largest absolute Gasteiger partial charge is 0.518 e. The third-order valence-corrected chi connectivity index (χ3v) is 1.58. The molecule has 0 unspecified atom stereocenters. The lowest BCUT2D eigenvalue weighted by Gasteiger charge is -1.90.